The SMILES string of the molecule is CCC(CC)(CC=CCCC=CCC(N)c1ccccc1)CN=O. The van der Waals surface area contributed by atoms with Crippen LogP contribution >= 0.6 is 0 Å². The van der Waals surface area contributed by atoms with E-state index in [-0.39, 0.29) is 11.5 Å². The second kappa shape index (κ2) is 11.7. The van der Waals surface area contributed by atoms with Crippen LogP contribution in [0.25, 0.3) is 0 Å². The van der Waals surface area contributed by atoms with Crippen LogP contribution in [0.15, 0.2) is 59.8 Å². The monoisotopic (exact) mass is 328 g/mol. The average molecular weight is 329 g/mol. The minimum atomic E-state index is 0.0521. The smallest absolute Gasteiger partial charge is 0.0870 e. The third kappa shape index (κ3) is 7.22. The predicted molar refractivity (Wildman–Crippen MR) is 104 cm³/mol. The molecule has 0 saturated carbocycles. The molecule has 1 unspecified atom stereocenters. The molecule has 1 aromatic rings. The Kier molecular flexibility index (Phi) is 9.94. The highest BCUT2D eigenvalue weighted by Crippen LogP contribution is 2.31. The molecule has 1 aromatic carbocycles. The second-order valence-corrected chi connectivity index (χ2v) is 6.47. The highest BCUT2D eigenvalue weighted by molar-refractivity contribution is 5.19. The van der Waals surface area contributed by atoms with Gasteiger partial charge in [0.1, 0.15) is 0 Å². The molecule has 0 aliphatic rings. The van der Waals surface area contributed by atoms with Crippen LogP contribution in [-0.2, 0) is 0 Å². The summed E-state index contributed by atoms with van der Waals surface area (Å²) in [6, 6.07) is 10.3. The molecule has 0 heterocycles. The lowest BCUT2D eigenvalue weighted by atomic mass is 9.79. The van der Waals surface area contributed by atoms with E-state index in [1.165, 1.54) is 5.56 Å². The molecule has 0 aliphatic heterocycles. The maximum Gasteiger partial charge on any atom is 0.0870 e. The molecule has 0 amide bonds. The van der Waals surface area contributed by atoms with E-state index in [4.69, 9.17) is 5.73 Å². The van der Waals surface area contributed by atoms with Gasteiger partial charge in [-0.25, -0.2) is 0 Å². The van der Waals surface area contributed by atoms with E-state index < -0.39 is 0 Å². The van der Waals surface area contributed by atoms with Crippen molar-refractivity contribution in [3.8, 4) is 0 Å². The summed E-state index contributed by atoms with van der Waals surface area (Å²) in [5.41, 5.74) is 7.40. The Bertz CT molecular complexity index is 504. The topological polar surface area (TPSA) is 55.4 Å². The fraction of sp³-hybridized carbons (Fsp3) is 0.524. The van der Waals surface area contributed by atoms with Gasteiger partial charge >= 0.3 is 0 Å². The number of hydrogen-bond acceptors (Lipinski definition) is 3. The summed E-state index contributed by atoms with van der Waals surface area (Å²) in [5, 5.41) is 3.12. The Morgan fingerprint density at radius 1 is 1.04 bits per heavy atom. The molecule has 24 heavy (non-hydrogen) atoms. The number of rotatable bonds is 12. The van der Waals surface area contributed by atoms with Gasteiger partial charge in [0.25, 0.3) is 0 Å². The van der Waals surface area contributed by atoms with E-state index in [0.29, 0.717) is 6.54 Å². The molecule has 0 aliphatic carbocycles. The number of benzene rings is 1. The number of nitrogens with zero attached hydrogens (tertiary/aromatic N) is 1. The minimum Gasteiger partial charge on any atom is -0.324 e. The Morgan fingerprint density at radius 3 is 2.25 bits per heavy atom. The van der Waals surface area contributed by atoms with E-state index in [1.54, 1.807) is 0 Å². The van der Waals surface area contributed by atoms with Crippen molar-refractivity contribution in [2.45, 2.75) is 58.4 Å². The lowest BCUT2D eigenvalue weighted by Gasteiger charge is -2.27. The van der Waals surface area contributed by atoms with Gasteiger partial charge in [-0.2, -0.15) is 4.91 Å². The number of nitroso groups, excluding NO2 is 1. The van der Waals surface area contributed by atoms with Gasteiger partial charge in [-0.3, -0.25) is 0 Å². The molecule has 0 saturated heterocycles. The Balaban J connectivity index is 2.26. The Labute approximate surface area is 147 Å². The van der Waals surface area contributed by atoms with Crippen LogP contribution in [-0.4, -0.2) is 6.54 Å². The summed E-state index contributed by atoms with van der Waals surface area (Å²) in [6.45, 7) is 4.70. The largest absolute Gasteiger partial charge is 0.324 e. The zero-order chi connectivity index (χ0) is 17.7. The van der Waals surface area contributed by atoms with Crippen molar-refractivity contribution in [1.82, 2.24) is 0 Å². The standard InChI is InChI=1S/C21H32N2O/c1-3-21(4-2,18-23-24)17-13-8-6-5-7-12-16-20(22)19-14-10-9-11-15-19/h7-15,20H,3-6,16-18,22H2,1-2H3. The van der Waals surface area contributed by atoms with Gasteiger partial charge in [-0.15, -0.1) is 0 Å². The highest BCUT2D eigenvalue weighted by atomic mass is 16.3. The van der Waals surface area contributed by atoms with Crippen LogP contribution in [0, 0.1) is 10.3 Å². The van der Waals surface area contributed by atoms with Crippen LogP contribution in [0.4, 0.5) is 0 Å². The quantitative estimate of drug-likeness (QED) is 0.293. The molecule has 0 fully saturated rings. The van der Waals surface area contributed by atoms with Crippen LogP contribution < -0.4 is 5.73 Å². The molecular formula is C21H32N2O. The second-order valence-electron chi connectivity index (χ2n) is 6.47. The molecular weight excluding hydrogens is 296 g/mol. The summed E-state index contributed by atoms with van der Waals surface area (Å²) in [6.07, 6.45) is 14.6. The van der Waals surface area contributed by atoms with E-state index in [2.05, 4.69) is 55.5 Å². The van der Waals surface area contributed by atoms with E-state index in [0.717, 1.165) is 38.5 Å². The maximum atomic E-state index is 10.6. The molecule has 1 atom stereocenters. The van der Waals surface area contributed by atoms with Crippen molar-refractivity contribution in [1.29, 1.82) is 0 Å². The average Bonchev–Trinajstić information content (AvgIpc) is 2.63. The zero-order valence-corrected chi connectivity index (χ0v) is 15.2. The van der Waals surface area contributed by atoms with Crippen LogP contribution in [0.3, 0.4) is 0 Å². The van der Waals surface area contributed by atoms with Gasteiger partial charge in [-0.1, -0.05) is 73.7 Å². The van der Waals surface area contributed by atoms with Crippen molar-refractivity contribution < 1.29 is 0 Å². The fourth-order valence-corrected chi connectivity index (χ4v) is 2.80. The van der Waals surface area contributed by atoms with Gasteiger partial charge in [0.05, 0.1) is 6.54 Å². The van der Waals surface area contributed by atoms with Crippen molar-refractivity contribution in [2.75, 3.05) is 6.54 Å². The maximum absolute atomic E-state index is 10.6. The molecule has 0 spiro atoms. The van der Waals surface area contributed by atoms with Gasteiger partial charge in [0, 0.05) is 6.04 Å². The molecule has 1 rings (SSSR count). The molecule has 2 N–H and O–H groups in total. The van der Waals surface area contributed by atoms with Gasteiger partial charge in [-0.05, 0) is 49.5 Å². The fourth-order valence-electron chi connectivity index (χ4n) is 2.80. The van der Waals surface area contributed by atoms with Crippen LogP contribution in [0.1, 0.15) is 64.0 Å². The third-order valence-electron chi connectivity index (χ3n) is 4.90. The van der Waals surface area contributed by atoms with Crippen molar-refractivity contribution in [3.63, 3.8) is 0 Å². The summed E-state index contributed by atoms with van der Waals surface area (Å²) in [5.74, 6) is 0. The first kappa shape index (κ1) is 20.3. The first-order valence-corrected chi connectivity index (χ1v) is 9.07. The lowest BCUT2D eigenvalue weighted by molar-refractivity contribution is 0.277. The minimum absolute atomic E-state index is 0.0521. The van der Waals surface area contributed by atoms with Gasteiger partial charge in [0.15, 0.2) is 0 Å². The normalized spacial score (nSPS) is 13.6. The Hall–Kier alpha value is -1.74. The number of unbranched alkanes of at least 4 members (excludes halogenated alkanes) is 1. The zero-order valence-electron chi connectivity index (χ0n) is 15.2. The van der Waals surface area contributed by atoms with E-state index >= 15 is 0 Å². The van der Waals surface area contributed by atoms with Crippen molar-refractivity contribution in [3.05, 3.63) is 65.1 Å². The first-order valence-electron chi connectivity index (χ1n) is 9.07. The Morgan fingerprint density at radius 2 is 1.67 bits per heavy atom. The summed E-state index contributed by atoms with van der Waals surface area (Å²) in [7, 11) is 0. The molecule has 0 aromatic heterocycles. The molecule has 3 nitrogen and oxygen atoms in total. The first-order chi connectivity index (χ1) is 11.7. The number of allylic oxidation sites excluding steroid dienone is 3. The summed E-state index contributed by atoms with van der Waals surface area (Å²) >= 11 is 0. The summed E-state index contributed by atoms with van der Waals surface area (Å²) < 4.78 is 0. The molecule has 3 heteroatoms. The highest BCUT2D eigenvalue weighted by Gasteiger charge is 2.24. The number of hydrogen-bond donors (Lipinski definition) is 1. The summed E-state index contributed by atoms with van der Waals surface area (Å²) in [4.78, 5) is 10.6. The molecule has 0 radical (unpaired) electrons. The van der Waals surface area contributed by atoms with Crippen molar-refractivity contribution in [2.24, 2.45) is 16.3 Å². The van der Waals surface area contributed by atoms with Crippen molar-refractivity contribution >= 4 is 0 Å². The van der Waals surface area contributed by atoms with E-state index in [1.807, 2.05) is 18.2 Å². The third-order valence-corrected chi connectivity index (χ3v) is 4.90. The lowest BCUT2D eigenvalue weighted by Crippen LogP contribution is -2.21. The number of nitrogens with two attached hydrogens (primary N) is 1. The van der Waals surface area contributed by atoms with Crippen LogP contribution in [0.5, 0.6) is 0 Å². The molecule has 0 bridgehead atoms. The van der Waals surface area contributed by atoms with Gasteiger partial charge in [0.2, 0.25) is 0 Å². The molecule has 132 valence electrons. The van der Waals surface area contributed by atoms with Crippen LogP contribution in [0.2, 0.25) is 0 Å². The predicted octanol–water partition coefficient (Wildman–Crippen LogP) is 5.93. The van der Waals surface area contributed by atoms with E-state index in [9.17, 15) is 4.91 Å². The van der Waals surface area contributed by atoms with Gasteiger partial charge < -0.3 is 5.73 Å².